The molecule has 2 bridgehead atoms. The van der Waals surface area contributed by atoms with E-state index in [1.165, 1.54) is 0 Å². The molecule has 0 aromatic heterocycles. The molecule has 0 unspecified atom stereocenters. The number of hydrogen-bond donors (Lipinski definition) is 3. The van der Waals surface area contributed by atoms with Crippen molar-refractivity contribution in [1.82, 2.24) is 10.6 Å². The molecule has 3 fully saturated rings. The van der Waals surface area contributed by atoms with Crippen LogP contribution in [0.5, 0.6) is 0 Å². The van der Waals surface area contributed by atoms with Crippen LogP contribution < -0.4 is 16.0 Å². The summed E-state index contributed by atoms with van der Waals surface area (Å²) in [5.74, 6) is -0.329. The number of benzene rings is 1. The first-order valence-corrected chi connectivity index (χ1v) is 9.65. The van der Waals surface area contributed by atoms with Gasteiger partial charge in [0.05, 0.1) is 12.2 Å². The number of esters is 1. The van der Waals surface area contributed by atoms with Crippen molar-refractivity contribution in [3.8, 4) is 0 Å². The Kier molecular flexibility index (Phi) is 4.53. The van der Waals surface area contributed by atoms with Crippen molar-refractivity contribution in [1.29, 1.82) is 0 Å². The predicted molar refractivity (Wildman–Crippen MR) is 98.8 cm³/mol. The molecule has 3 N–H and O–H groups in total. The van der Waals surface area contributed by atoms with E-state index in [1.54, 1.807) is 6.92 Å². The van der Waals surface area contributed by atoms with Crippen LogP contribution in [-0.4, -0.2) is 36.6 Å². The molecular weight excluding hydrogens is 346 g/mol. The lowest BCUT2D eigenvalue weighted by molar-refractivity contribution is -0.145. The minimum Gasteiger partial charge on any atom is -0.465 e. The number of hydrogen-bond acceptors (Lipinski definition) is 5. The molecule has 4 atom stereocenters. The lowest BCUT2D eigenvalue weighted by atomic mass is 9.58. The lowest BCUT2D eigenvalue weighted by Gasteiger charge is -2.56. The first-order valence-electron chi connectivity index (χ1n) is 9.65. The van der Waals surface area contributed by atoms with Crippen molar-refractivity contribution in [2.24, 2.45) is 17.8 Å². The molecule has 1 aliphatic heterocycles. The summed E-state index contributed by atoms with van der Waals surface area (Å²) < 4.78 is 4.87. The fraction of sp³-hybridized carbons (Fsp3) is 0.550. The monoisotopic (exact) mass is 371 g/mol. The summed E-state index contributed by atoms with van der Waals surface area (Å²) in [5.41, 5.74) is 1.04. The predicted octanol–water partition coefficient (Wildman–Crippen LogP) is 1.65. The topological polar surface area (TPSA) is 96.5 Å². The van der Waals surface area contributed by atoms with Gasteiger partial charge in [-0.2, -0.15) is 0 Å². The van der Waals surface area contributed by atoms with Crippen molar-refractivity contribution in [2.45, 2.75) is 38.3 Å². The number of carbonyl (C=O) groups is 3. The lowest BCUT2D eigenvalue weighted by Crippen LogP contribution is -2.68. The van der Waals surface area contributed by atoms with E-state index in [0.29, 0.717) is 18.6 Å². The summed E-state index contributed by atoms with van der Waals surface area (Å²) >= 11 is 0. The molecule has 2 amide bonds. The van der Waals surface area contributed by atoms with E-state index in [4.69, 9.17) is 4.74 Å². The van der Waals surface area contributed by atoms with Gasteiger partial charge in [0.2, 0.25) is 5.91 Å². The van der Waals surface area contributed by atoms with Crippen LogP contribution in [-0.2, 0) is 14.3 Å². The van der Waals surface area contributed by atoms with Crippen LogP contribution in [0.15, 0.2) is 24.3 Å². The Labute approximate surface area is 158 Å². The number of nitrogens with one attached hydrogen (secondary N) is 3. The first kappa shape index (κ1) is 17.8. The van der Waals surface area contributed by atoms with Crippen LogP contribution in [0.1, 0.15) is 43.0 Å². The smallest absolute Gasteiger partial charge is 0.325 e. The quantitative estimate of drug-likeness (QED) is 0.700. The van der Waals surface area contributed by atoms with E-state index in [9.17, 15) is 14.4 Å². The Balaban J connectivity index is 1.46. The van der Waals surface area contributed by atoms with Crippen LogP contribution in [0.2, 0.25) is 0 Å². The van der Waals surface area contributed by atoms with E-state index < -0.39 is 11.6 Å². The zero-order valence-corrected chi connectivity index (χ0v) is 15.4. The Bertz CT molecular complexity index is 780. The van der Waals surface area contributed by atoms with E-state index in [1.807, 2.05) is 24.3 Å². The van der Waals surface area contributed by atoms with Gasteiger partial charge in [-0.05, 0) is 50.7 Å². The van der Waals surface area contributed by atoms with Gasteiger partial charge in [0.1, 0.15) is 12.2 Å². The van der Waals surface area contributed by atoms with Crippen molar-refractivity contribution in [3.05, 3.63) is 29.8 Å². The highest BCUT2D eigenvalue weighted by Gasteiger charge is 2.55. The summed E-state index contributed by atoms with van der Waals surface area (Å²) in [6, 6.07) is 7.53. The van der Waals surface area contributed by atoms with Crippen LogP contribution in [0.4, 0.5) is 5.69 Å². The number of fused-ring (bicyclic) bond motifs is 3. The average Bonchev–Trinajstić information content (AvgIpc) is 2.66. The average molecular weight is 371 g/mol. The molecule has 3 saturated carbocycles. The van der Waals surface area contributed by atoms with Gasteiger partial charge in [0.15, 0.2) is 0 Å². The zero-order chi connectivity index (χ0) is 19.0. The highest BCUT2D eigenvalue weighted by Crippen LogP contribution is 2.51. The minimum atomic E-state index is -0.480. The van der Waals surface area contributed by atoms with Crippen molar-refractivity contribution < 1.29 is 19.1 Å². The van der Waals surface area contributed by atoms with E-state index in [-0.39, 0.29) is 36.1 Å². The van der Waals surface area contributed by atoms with Crippen molar-refractivity contribution in [3.63, 3.8) is 0 Å². The van der Waals surface area contributed by atoms with E-state index >= 15 is 0 Å². The third-order valence-electron chi connectivity index (χ3n) is 6.19. The third kappa shape index (κ3) is 3.15. The molecule has 0 saturated heterocycles. The second-order valence-electron chi connectivity index (χ2n) is 7.70. The first-order chi connectivity index (χ1) is 13.0. The summed E-state index contributed by atoms with van der Waals surface area (Å²) in [4.78, 5) is 36.7. The standard InChI is InChI=1S/C20H25N3O4/c1-2-27-17(24)11-21-18(25)15-9-13-8-7-12(15)10-20(13)22-16-6-4-3-5-14(16)19(26)23-20/h3-6,12-13,15,22H,2,7-11H2,1H3,(H,21,25)(H,23,26)/t12-,13+,15-,20+/m0/s1. The van der Waals surface area contributed by atoms with Gasteiger partial charge in [-0.15, -0.1) is 0 Å². The second-order valence-corrected chi connectivity index (χ2v) is 7.70. The Morgan fingerprint density at radius 2 is 2.07 bits per heavy atom. The van der Waals surface area contributed by atoms with Gasteiger partial charge in [-0.25, -0.2) is 0 Å². The van der Waals surface area contributed by atoms with Crippen LogP contribution >= 0.6 is 0 Å². The number of anilines is 1. The molecule has 4 aliphatic rings. The van der Waals surface area contributed by atoms with Crippen molar-refractivity contribution in [2.75, 3.05) is 18.5 Å². The molecule has 7 heteroatoms. The summed E-state index contributed by atoms with van der Waals surface area (Å²) in [6.07, 6.45) is 3.36. The molecule has 1 aromatic rings. The molecule has 5 rings (SSSR count). The fourth-order valence-electron chi connectivity index (χ4n) is 4.97. The van der Waals surface area contributed by atoms with E-state index in [0.717, 1.165) is 24.9 Å². The molecule has 3 aliphatic carbocycles. The van der Waals surface area contributed by atoms with Crippen LogP contribution in [0.3, 0.4) is 0 Å². The van der Waals surface area contributed by atoms with Gasteiger partial charge >= 0.3 is 5.97 Å². The van der Waals surface area contributed by atoms with Gasteiger partial charge in [0.25, 0.3) is 5.91 Å². The molecule has 1 aromatic carbocycles. The largest absolute Gasteiger partial charge is 0.465 e. The van der Waals surface area contributed by atoms with Crippen LogP contribution in [0.25, 0.3) is 0 Å². The SMILES string of the molecule is CCOC(=O)CNC(=O)[C@H]1C[C@H]2CC[C@H]1C[C@@]21NC(=O)c2ccccc2N1. The second kappa shape index (κ2) is 6.87. The molecule has 144 valence electrons. The normalized spacial score (nSPS) is 30.9. The van der Waals surface area contributed by atoms with Gasteiger partial charge in [-0.1, -0.05) is 12.1 Å². The maximum Gasteiger partial charge on any atom is 0.325 e. The molecule has 0 radical (unpaired) electrons. The molecule has 1 spiro atoms. The number of para-hydroxylation sites is 1. The summed E-state index contributed by atoms with van der Waals surface area (Å²) in [6.45, 7) is 1.95. The number of amides is 2. The number of carbonyl (C=O) groups excluding carboxylic acids is 3. The Morgan fingerprint density at radius 1 is 1.26 bits per heavy atom. The zero-order valence-electron chi connectivity index (χ0n) is 15.4. The van der Waals surface area contributed by atoms with Gasteiger partial charge in [-0.3, -0.25) is 14.4 Å². The summed E-state index contributed by atoms with van der Waals surface area (Å²) in [5, 5.41) is 9.47. The maximum atomic E-state index is 12.6. The molecular formula is C20H25N3O4. The summed E-state index contributed by atoms with van der Waals surface area (Å²) in [7, 11) is 0. The maximum absolute atomic E-state index is 12.6. The highest BCUT2D eigenvalue weighted by molar-refractivity contribution is 6.02. The number of rotatable bonds is 4. The van der Waals surface area contributed by atoms with Gasteiger partial charge in [0, 0.05) is 17.5 Å². The fourth-order valence-corrected chi connectivity index (χ4v) is 4.97. The van der Waals surface area contributed by atoms with E-state index in [2.05, 4.69) is 16.0 Å². The number of ether oxygens (including phenoxy) is 1. The Morgan fingerprint density at radius 3 is 2.81 bits per heavy atom. The Hall–Kier alpha value is -2.57. The highest BCUT2D eigenvalue weighted by atomic mass is 16.5. The molecule has 27 heavy (non-hydrogen) atoms. The van der Waals surface area contributed by atoms with Gasteiger partial charge < -0.3 is 20.7 Å². The molecule has 7 nitrogen and oxygen atoms in total. The van der Waals surface area contributed by atoms with Crippen molar-refractivity contribution >= 4 is 23.5 Å². The molecule has 1 heterocycles. The minimum absolute atomic E-state index is 0.0554. The van der Waals surface area contributed by atoms with Crippen LogP contribution in [0, 0.1) is 17.8 Å². The third-order valence-corrected chi connectivity index (χ3v) is 6.19.